The van der Waals surface area contributed by atoms with Crippen molar-refractivity contribution in [2.45, 2.75) is 13.0 Å². The van der Waals surface area contributed by atoms with E-state index >= 15 is 0 Å². The largest absolute Gasteiger partial charge is 0.351 e. The molecule has 0 bridgehead atoms. The van der Waals surface area contributed by atoms with E-state index in [-0.39, 0.29) is 18.2 Å². The van der Waals surface area contributed by atoms with Crippen molar-refractivity contribution in [2.75, 3.05) is 25.9 Å². The smallest absolute Gasteiger partial charge is 0.251 e. The summed E-state index contributed by atoms with van der Waals surface area (Å²) in [5, 5.41) is 5.92. The lowest BCUT2D eigenvalue weighted by Crippen LogP contribution is -2.34. The molecule has 1 amide bonds. The van der Waals surface area contributed by atoms with Crippen LogP contribution >= 0.6 is 0 Å². The van der Waals surface area contributed by atoms with Gasteiger partial charge in [-0.3, -0.25) is 4.79 Å². The third kappa shape index (κ3) is 3.56. The highest BCUT2D eigenvalue weighted by Crippen LogP contribution is 2.18. The Kier molecular flexibility index (Phi) is 4.74. The highest BCUT2D eigenvalue weighted by atomic mass is 32.2. The summed E-state index contributed by atoms with van der Waals surface area (Å²) in [4.78, 5) is 12.1. The molecule has 0 unspecified atom stereocenters. The van der Waals surface area contributed by atoms with Crippen molar-refractivity contribution in [3.8, 4) is 0 Å². The van der Waals surface area contributed by atoms with Gasteiger partial charge in [-0.05, 0) is 37.2 Å². The van der Waals surface area contributed by atoms with Crippen LogP contribution in [0.1, 0.15) is 21.5 Å². The SMILES string of the molecule is CNS(=O)(=O)CCNC(=O)c1cccc2c1CCNC2. The Balaban J connectivity index is 2.03. The highest BCUT2D eigenvalue weighted by molar-refractivity contribution is 7.89. The Morgan fingerprint density at radius 2 is 2.20 bits per heavy atom. The molecule has 20 heavy (non-hydrogen) atoms. The normalized spacial score (nSPS) is 14.7. The zero-order chi connectivity index (χ0) is 14.6. The van der Waals surface area contributed by atoms with Gasteiger partial charge >= 0.3 is 0 Å². The van der Waals surface area contributed by atoms with Crippen LogP contribution in [-0.4, -0.2) is 40.2 Å². The second-order valence-electron chi connectivity index (χ2n) is 4.65. The Hall–Kier alpha value is -1.44. The van der Waals surface area contributed by atoms with Gasteiger partial charge in [0.1, 0.15) is 0 Å². The molecule has 0 saturated carbocycles. The topological polar surface area (TPSA) is 87.3 Å². The number of hydrogen-bond donors (Lipinski definition) is 3. The minimum atomic E-state index is -3.29. The average molecular weight is 297 g/mol. The van der Waals surface area contributed by atoms with Crippen LogP contribution in [0.4, 0.5) is 0 Å². The number of sulfonamides is 1. The summed E-state index contributed by atoms with van der Waals surface area (Å²) in [6.07, 6.45) is 0.813. The van der Waals surface area contributed by atoms with Crippen molar-refractivity contribution in [1.82, 2.24) is 15.4 Å². The van der Waals surface area contributed by atoms with Crippen LogP contribution in [0.3, 0.4) is 0 Å². The molecular formula is C13H19N3O3S. The highest BCUT2D eigenvalue weighted by Gasteiger charge is 2.17. The van der Waals surface area contributed by atoms with Gasteiger partial charge in [0.15, 0.2) is 0 Å². The predicted molar refractivity (Wildman–Crippen MR) is 77.0 cm³/mol. The number of hydrogen-bond acceptors (Lipinski definition) is 4. The maximum absolute atomic E-state index is 12.1. The van der Waals surface area contributed by atoms with Gasteiger partial charge in [-0.2, -0.15) is 0 Å². The molecule has 1 aliphatic heterocycles. The summed E-state index contributed by atoms with van der Waals surface area (Å²) in [5.74, 6) is -0.332. The summed E-state index contributed by atoms with van der Waals surface area (Å²) >= 11 is 0. The number of carbonyl (C=O) groups excluding carboxylic acids is 1. The van der Waals surface area contributed by atoms with Crippen LogP contribution in [0.25, 0.3) is 0 Å². The first-order valence-corrected chi connectivity index (χ1v) is 8.19. The summed E-state index contributed by atoms with van der Waals surface area (Å²) in [7, 11) is -1.93. The number of amides is 1. The molecule has 0 aromatic heterocycles. The zero-order valence-corrected chi connectivity index (χ0v) is 12.2. The van der Waals surface area contributed by atoms with Crippen molar-refractivity contribution in [3.05, 3.63) is 34.9 Å². The summed E-state index contributed by atoms with van der Waals surface area (Å²) < 4.78 is 24.8. The third-order valence-corrected chi connectivity index (χ3v) is 4.72. The number of rotatable bonds is 5. The molecule has 1 aromatic rings. The first kappa shape index (κ1) is 15.0. The van der Waals surface area contributed by atoms with Gasteiger partial charge in [0.2, 0.25) is 10.0 Å². The lowest BCUT2D eigenvalue weighted by atomic mass is 9.95. The second-order valence-corrected chi connectivity index (χ2v) is 6.69. The van der Waals surface area contributed by atoms with Crippen LogP contribution in [0, 0.1) is 0 Å². The minimum absolute atomic E-state index is 0.101. The van der Waals surface area contributed by atoms with E-state index in [4.69, 9.17) is 0 Å². The third-order valence-electron chi connectivity index (χ3n) is 3.35. The lowest BCUT2D eigenvalue weighted by Gasteiger charge is -2.19. The molecule has 0 atom stereocenters. The van der Waals surface area contributed by atoms with E-state index in [9.17, 15) is 13.2 Å². The molecule has 110 valence electrons. The fourth-order valence-electron chi connectivity index (χ4n) is 2.24. The van der Waals surface area contributed by atoms with E-state index < -0.39 is 10.0 Å². The molecule has 0 spiro atoms. The zero-order valence-electron chi connectivity index (χ0n) is 11.4. The molecule has 6 nitrogen and oxygen atoms in total. The lowest BCUT2D eigenvalue weighted by molar-refractivity contribution is 0.0955. The Bertz CT molecular complexity index is 599. The van der Waals surface area contributed by atoms with Crippen molar-refractivity contribution in [2.24, 2.45) is 0 Å². The molecule has 0 saturated heterocycles. The van der Waals surface area contributed by atoms with E-state index in [2.05, 4.69) is 15.4 Å². The first-order valence-electron chi connectivity index (χ1n) is 6.54. The second kappa shape index (κ2) is 6.34. The van der Waals surface area contributed by atoms with Crippen molar-refractivity contribution in [1.29, 1.82) is 0 Å². The average Bonchev–Trinajstić information content (AvgIpc) is 2.46. The number of carbonyl (C=O) groups is 1. The molecule has 0 fully saturated rings. The predicted octanol–water partition coefficient (Wildman–Crippen LogP) is -0.389. The summed E-state index contributed by atoms with van der Waals surface area (Å²) in [6.45, 7) is 1.72. The van der Waals surface area contributed by atoms with E-state index in [1.807, 2.05) is 12.1 Å². The van der Waals surface area contributed by atoms with Crippen LogP contribution < -0.4 is 15.4 Å². The molecule has 7 heteroatoms. The number of nitrogens with one attached hydrogen (secondary N) is 3. The van der Waals surface area contributed by atoms with Crippen LogP contribution in [0.5, 0.6) is 0 Å². The van der Waals surface area contributed by atoms with E-state index in [0.29, 0.717) is 5.56 Å². The molecular weight excluding hydrogens is 278 g/mol. The van der Waals surface area contributed by atoms with E-state index in [1.165, 1.54) is 7.05 Å². The van der Waals surface area contributed by atoms with Gasteiger partial charge in [0.05, 0.1) is 5.75 Å². The quantitative estimate of drug-likeness (QED) is 0.691. The van der Waals surface area contributed by atoms with E-state index in [0.717, 1.165) is 30.6 Å². The minimum Gasteiger partial charge on any atom is -0.351 e. The molecule has 3 N–H and O–H groups in total. The fourth-order valence-corrected chi connectivity index (χ4v) is 2.82. The van der Waals surface area contributed by atoms with Gasteiger partial charge in [-0.1, -0.05) is 12.1 Å². The standard InChI is InChI=1S/C13H19N3O3S/c1-14-20(18,19)8-7-16-13(17)12-4-2-3-10-9-15-6-5-11(10)12/h2-4,14-15H,5-9H2,1H3,(H,16,17). The van der Waals surface area contributed by atoms with E-state index in [1.54, 1.807) is 6.07 Å². The molecule has 1 aromatic carbocycles. The molecule has 2 rings (SSSR count). The molecule has 0 aliphatic carbocycles. The van der Waals surface area contributed by atoms with Crippen molar-refractivity contribution < 1.29 is 13.2 Å². The van der Waals surface area contributed by atoms with Crippen LogP contribution in [-0.2, 0) is 23.0 Å². The van der Waals surface area contributed by atoms with Crippen LogP contribution in [0.2, 0.25) is 0 Å². The first-order chi connectivity index (χ1) is 9.53. The van der Waals surface area contributed by atoms with Gasteiger partial charge in [-0.15, -0.1) is 0 Å². The Labute approximate surface area is 119 Å². The Morgan fingerprint density at radius 3 is 2.95 bits per heavy atom. The molecule has 1 aliphatic rings. The molecule has 0 radical (unpaired) electrons. The Morgan fingerprint density at radius 1 is 1.40 bits per heavy atom. The van der Waals surface area contributed by atoms with Gasteiger partial charge in [-0.25, -0.2) is 13.1 Å². The van der Waals surface area contributed by atoms with Crippen molar-refractivity contribution in [3.63, 3.8) is 0 Å². The monoisotopic (exact) mass is 297 g/mol. The van der Waals surface area contributed by atoms with Gasteiger partial charge in [0, 0.05) is 18.7 Å². The fraction of sp³-hybridized carbons (Fsp3) is 0.462. The number of fused-ring (bicyclic) bond motifs is 1. The van der Waals surface area contributed by atoms with Gasteiger partial charge in [0.25, 0.3) is 5.91 Å². The molecule has 1 heterocycles. The van der Waals surface area contributed by atoms with Crippen LogP contribution in [0.15, 0.2) is 18.2 Å². The van der Waals surface area contributed by atoms with Gasteiger partial charge < -0.3 is 10.6 Å². The van der Waals surface area contributed by atoms with Crippen molar-refractivity contribution >= 4 is 15.9 Å². The maximum atomic E-state index is 12.1. The number of benzene rings is 1. The maximum Gasteiger partial charge on any atom is 0.251 e. The summed E-state index contributed by atoms with van der Waals surface area (Å²) in [6, 6.07) is 5.64. The summed E-state index contributed by atoms with van der Waals surface area (Å²) in [5.41, 5.74) is 2.83.